The molecule has 2 aromatic rings. The van der Waals surface area contributed by atoms with Crippen LogP contribution in [-0.4, -0.2) is 58.6 Å². The predicted molar refractivity (Wildman–Crippen MR) is 157 cm³/mol. The third-order valence-electron chi connectivity index (χ3n) is 8.35. The largest absolute Gasteiger partial charge is 0.351 e. The van der Waals surface area contributed by atoms with E-state index in [4.69, 9.17) is 0 Å². The lowest BCUT2D eigenvalue weighted by atomic mass is 9.92. The molecule has 1 saturated carbocycles. The number of hydrogen-bond donors (Lipinski definition) is 1. The van der Waals surface area contributed by atoms with E-state index < -0.39 is 0 Å². The molecule has 38 heavy (non-hydrogen) atoms. The molecule has 0 radical (unpaired) electrons. The fraction of sp³-hybridized carbons (Fsp3) is 0.500. The fourth-order valence-electron chi connectivity index (χ4n) is 6.16. The summed E-state index contributed by atoms with van der Waals surface area (Å²) in [5.74, 6) is 0.0970. The van der Waals surface area contributed by atoms with Crippen LogP contribution in [0.25, 0.3) is 6.08 Å². The zero-order valence-electron chi connectivity index (χ0n) is 22.8. The van der Waals surface area contributed by atoms with Crippen molar-refractivity contribution in [3.63, 3.8) is 0 Å². The number of carbonyl (C=O) groups is 2. The van der Waals surface area contributed by atoms with E-state index in [2.05, 4.69) is 53.2 Å². The van der Waals surface area contributed by atoms with Crippen molar-refractivity contribution >= 4 is 29.7 Å². The smallest absolute Gasteiger partial charge is 0.260 e. The molecule has 0 aromatic heterocycles. The third-order valence-corrected chi connectivity index (χ3v) is 9.75. The van der Waals surface area contributed by atoms with E-state index in [-0.39, 0.29) is 11.8 Å². The molecule has 0 spiro atoms. The van der Waals surface area contributed by atoms with Gasteiger partial charge in [0.15, 0.2) is 0 Å². The van der Waals surface area contributed by atoms with Gasteiger partial charge < -0.3 is 10.2 Å². The number of hydrogen-bond acceptors (Lipinski definition) is 4. The molecular formula is C32H41N3O2S. The van der Waals surface area contributed by atoms with Gasteiger partial charge in [-0.2, -0.15) is 0 Å². The summed E-state index contributed by atoms with van der Waals surface area (Å²) in [5.41, 5.74) is 4.04. The van der Waals surface area contributed by atoms with Gasteiger partial charge >= 0.3 is 0 Å². The summed E-state index contributed by atoms with van der Waals surface area (Å²) < 4.78 is 0. The Morgan fingerprint density at radius 1 is 1.05 bits per heavy atom. The minimum atomic E-state index is -0.0358. The maximum absolute atomic E-state index is 13.7. The Hall–Kier alpha value is -2.57. The van der Waals surface area contributed by atoms with Gasteiger partial charge in [0.1, 0.15) is 0 Å². The molecule has 3 aliphatic rings. The van der Waals surface area contributed by atoms with Crippen LogP contribution < -0.4 is 5.32 Å². The molecule has 2 aromatic carbocycles. The van der Waals surface area contributed by atoms with Crippen LogP contribution in [0.4, 0.5) is 0 Å². The first kappa shape index (κ1) is 27.0. The van der Waals surface area contributed by atoms with E-state index in [1.165, 1.54) is 43.2 Å². The second-order valence-electron chi connectivity index (χ2n) is 11.2. The molecular weight excluding hydrogens is 490 g/mol. The van der Waals surface area contributed by atoms with Crippen LogP contribution in [0.5, 0.6) is 0 Å². The number of likely N-dealkylation sites (tertiary alicyclic amines) is 1. The zero-order valence-corrected chi connectivity index (χ0v) is 23.6. The van der Waals surface area contributed by atoms with Crippen LogP contribution in [0.1, 0.15) is 78.9 Å². The first-order chi connectivity index (χ1) is 18.5. The Bertz CT molecular complexity index is 1160. The quantitative estimate of drug-likeness (QED) is 0.444. The van der Waals surface area contributed by atoms with Gasteiger partial charge in [0.2, 0.25) is 0 Å². The highest BCUT2D eigenvalue weighted by Crippen LogP contribution is 2.42. The molecule has 1 aliphatic carbocycles. The first-order valence-electron chi connectivity index (χ1n) is 14.3. The number of nitrogens with zero attached hydrogens (tertiary/aromatic N) is 2. The number of fused-ring (bicyclic) bond motifs is 1. The van der Waals surface area contributed by atoms with Crippen LogP contribution in [-0.2, 0) is 11.3 Å². The second-order valence-corrected chi connectivity index (χ2v) is 12.5. The lowest BCUT2D eigenvalue weighted by Gasteiger charge is -2.44. The van der Waals surface area contributed by atoms with Crippen molar-refractivity contribution in [2.24, 2.45) is 0 Å². The van der Waals surface area contributed by atoms with Gasteiger partial charge in [-0.15, -0.1) is 11.8 Å². The first-order valence-corrected chi connectivity index (χ1v) is 15.2. The highest BCUT2D eigenvalue weighted by molar-refractivity contribution is 8.04. The minimum absolute atomic E-state index is 0.0358. The highest BCUT2D eigenvalue weighted by atomic mass is 32.2. The van der Waals surface area contributed by atoms with Crippen molar-refractivity contribution in [2.45, 2.75) is 82.7 Å². The van der Waals surface area contributed by atoms with Crippen molar-refractivity contribution in [3.05, 3.63) is 75.7 Å². The summed E-state index contributed by atoms with van der Waals surface area (Å²) in [4.78, 5) is 31.8. The number of benzene rings is 2. The number of nitrogens with one attached hydrogen (secondary N) is 1. The van der Waals surface area contributed by atoms with Crippen LogP contribution in [0.3, 0.4) is 0 Å². The van der Waals surface area contributed by atoms with Gasteiger partial charge in [0.25, 0.3) is 11.8 Å². The number of carbonyl (C=O) groups excluding carboxylic acids is 2. The van der Waals surface area contributed by atoms with Gasteiger partial charge in [-0.05, 0) is 75.4 Å². The molecule has 2 heterocycles. The lowest BCUT2D eigenvalue weighted by molar-refractivity contribution is -0.130. The van der Waals surface area contributed by atoms with Gasteiger partial charge in [0, 0.05) is 42.5 Å². The van der Waals surface area contributed by atoms with E-state index in [9.17, 15) is 9.59 Å². The van der Waals surface area contributed by atoms with Crippen LogP contribution in [0.2, 0.25) is 0 Å². The normalized spacial score (nSPS) is 25.3. The maximum atomic E-state index is 13.7. The molecule has 0 bridgehead atoms. The van der Waals surface area contributed by atoms with E-state index in [1.807, 2.05) is 30.3 Å². The summed E-state index contributed by atoms with van der Waals surface area (Å²) >= 11 is 1.76. The fourth-order valence-corrected chi connectivity index (χ4v) is 7.63. The number of amides is 2. The molecule has 202 valence electrons. The minimum Gasteiger partial charge on any atom is -0.351 e. The molecule has 2 saturated heterocycles. The molecule has 5 nitrogen and oxygen atoms in total. The molecule has 3 fully saturated rings. The van der Waals surface area contributed by atoms with E-state index in [1.54, 1.807) is 11.8 Å². The molecule has 2 amide bonds. The van der Waals surface area contributed by atoms with Crippen molar-refractivity contribution in [2.75, 3.05) is 19.6 Å². The average molecular weight is 532 g/mol. The summed E-state index contributed by atoms with van der Waals surface area (Å²) in [6.07, 6.45) is 10.5. The topological polar surface area (TPSA) is 52.7 Å². The number of rotatable bonds is 7. The number of thioether (sulfide) groups is 1. The Kier molecular flexibility index (Phi) is 8.90. The Balaban J connectivity index is 1.24. The predicted octanol–water partition coefficient (Wildman–Crippen LogP) is 6.03. The monoisotopic (exact) mass is 531 g/mol. The van der Waals surface area contributed by atoms with Gasteiger partial charge in [-0.25, -0.2) is 0 Å². The van der Waals surface area contributed by atoms with Gasteiger partial charge in [0.05, 0.1) is 4.91 Å². The molecule has 6 heteroatoms. The summed E-state index contributed by atoms with van der Waals surface area (Å²) in [6.45, 7) is 7.73. The Labute approximate surface area is 232 Å². The van der Waals surface area contributed by atoms with Crippen LogP contribution in [0.15, 0.2) is 53.4 Å². The van der Waals surface area contributed by atoms with Gasteiger partial charge in [-0.3, -0.25) is 14.5 Å². The van der Waals surface area contributed by atoms with Gasteiger partial charge in [-0.1, -0.05) is 61.2 Å². The van der Waals surface area contributed by atoms with Crippen molar-refractivity contribution in [1.82, 2.24) is 15.1 Å². The summed E-state index contributed by atoms with van der Waals surface area (Å²) in [5, 5.41) is 3.53. The Morgan fingerprint density at radius 2 is 1.84 bits per heavy atom. The highest BCUT2D eigenvalue weighted by Gasteiger charge is 2.40. The molecule has 3 unspecified atom stereocenters. The third kappa shape index (κ3) is 6.52. The van der Waals surface area contributed by atoms with Crippen molar-refractivity contribution in [1.29, 1.82) is 0 Å². The molecule has 1 N–H and O–H groups in total. The standard InChI is InChI=1S/C32H41N3O2S/c1-23-8-7-10-26(20-23)22-35-28-11-3-4-12-29(28)38-30(32(35)37)21-25-13-15-27(16-14-25)31(36)33-17-19-34-18-6-5-9-24(34)2/h7-8,10,13-16,20-21,24,28-29H,3-6,9,11-12,17-19,22H2,1-2H3,(H,33,36)/b30-21+. The lowest BCUT2D eigenvalue weighted by Crippen LogP contribution is -2.50. The van der Waals surface area contributed by atoms with Crippen molar-refractivity contribution < 1.29 is 9.59 Å². The van der Waals surface area contributed by atoms with Crippen LogP contribution >= 0.6 is 11.8 Å². The van der Waals surface area contributed by atoms with E-state index in [0.29, 0.717) is 36.0 Å². The SMILES string of the molecule is Cc1cccc(CN2C(=O)/C(=C\c3ccc(C(=O)NCCN4CCCCC4C)cc3)SC3CCCCC32)c1. The number of aryl methyl sites for hydroxylation is 1. The summed E-state index contributed by atoms with van der Waals surface area (Å²) in [6, 6.07) is 17.1. The van der Waals surface area contributed by atoms with E-state index in [0.717, 1.165) is 36.4 Å². The maximum Gasteiger partial charge on any atom is 0.260 e. The molecule has 5 rings (SSSR count). The second kappa shape index (κ2) is 12.5. The van der Waals surface area contributed by atoms with Crippen molar-refractivity contribution in [3.8, 4) is 0 Å². The summed E-state index contributed by atoms with van der Waals surface area (Å²) in [7, 11) is 0. The van der Waals surface area contributed by atoms with Crippen LogP contribution in [0, 0.1) is 6.92 Å². The van der Waals surface area contributed by atoms with E-state index >= 15 is 0 Å². The zero-order chi connectivity index (χ0) is 26.5. The molecule has 3 atom stereocenters. The molecule has 2 aliphatic heterocycles. The Morgan fingerprint density at radius 3 is 2.63 bits per heavy atom. The average Bonchev–Trinajstić information content (AvgIpc) is 2.92. The number of piperidine rings is 1.